The van der Waals surface area contributed by atoms with Gasteiger partial charge in [-0.3, -0.25) is 14.4 Å². The van der Waals surface area contributed by atoms with Gasteiger partial charge in [-0.15, -0.1) is 0 Å². The number of likely N-dealkylation sites (tertiary alicyclic amines) is 1. The van der Waals surface area contributed by atoms with Gasteiger partial charge < -0.3 is 20.2 Å². The molecule has 1 fully saturated rings. The van der Waals surface area contributed by atoms with Gasteiger partial charge in [-0.25, -0.2) is 0 Å². The Hall–Kier alpha value is -2.57. The number of benzene rings is 1. The number of anilines is 2. The molecular weight excluding hydrogens is 334 g/mol. The number of carboxylic acid groups (broad SMARTS) is 1. The lowest BCUT2D eigenvalue weighted by Crippen LogP contribution is -2.40. The second kappa shape index (κ2) is 7.76. The van der Waals surface area contributed by atoms with Crippen molar-refractivity contribution in [3.8, 4) is 0 Å². The van der Waals surface area contributed by atoms with E-state index in [0.29, 0.717) is 43.7 Å². The van der Waals surface area contributed by atoms with Crippen LogP contribution in [-0.2, 0) is 9.59 Å². The van der Waals surface area contributed by atoms with Gasteiger partial charge in [0.15, 0.2) is 0 Å². The number of fused-ring (bicyclic) bond motifs is 1. The number of carbonyl (C=O) groups excluding carboxylic acids is 2. The van der Waals surface area contributed by atoms with Crippen molar-refractivity contribution in [1.29, 1.82) is 0 Å². The average molecular weight is 359 g/mol. The molecule has 2 aliphatic heterocycles. The molecule has 1 aromatic carbocycles. The van der Waals surface area contributed by atoms with Crippen molar-refractivity contribution in [2.45, 2.75) is 32.1 Å². The number of amides is 2. The van der Waals surface area contributed by atoms with E-state index in [9.17, 15) is 14.4 Å². The minimum Gasteiger partial charge on any atom is -0.481 e. The van der Waals surface area contributed by atoms with Gasteiger partial charge in [0.05, 0.1) is 11.4 Å². The molecule has 1 atom stereocenters. The minimum atomic E-state index is -0.793. The number of piperidine rings is 1. The van der Waals surface area contributed by atoms with Crippen molar-refractivity contribution in [3.63, 3.8) is 0 Å². The Morgan fingerprint density at radius 1 is 1.31 bits per heavy atom. The van der Waals surface area contributed by atoms with E-state index in [1.807, 2.05) is 18.0 Å². The van der Waals surface area contributed by atoms with Gasteiger partial charge >= 0.3 is 5.97 Å². The highest BCUT2D eigenvalue weighted by Crippen LogP contribution is 2.30. The fraction of sp³-hybridized carbons (Fsp3) is 0.526. The summed E-state index contributed by atoms with van der Waals surface area (Å²) in [5, 5.41) is 11.7. The van der Waals surface area contributed by atoms with E-state index in [1.54, 1.807) is 17.0 Å². The lowest BCUT2D eigenvalue weighted by atomic mass is 9.93. The Morgan fingerprint density at radius 3 is 2.88 bits per heavy atom. The monoisotopic (exact) mass is 359 g/mol. The fourth-order valence-electron chi connectivity index (χ4n) is 3.70. The number of carboxylic acids is 1. The van der Waals surface area contributed by atoms with Crippen LogP contribution in [0.2, 0.25) is 0 Å². The summed E-state index contributed by atoms with van der Waals surface area (Å²) < 4.78 is 0. The van der Waals surface area contributed by atoms with Crippen molar-refractivity contribution in [2.75, 3.05) is 36.9 Å². The summed E-state index contributed by atoms with van der Waals surface area (Å²) in [6, 6.07) is 5.42. The number of aliphatic carboxylic acids is 1. The molecule has 3 rings (SSSR count). The van der Waals surface area contributed by atoms with Gasteiger partial charge in [0.1, 0.15) is 0 Å². The molecule has 1 aromatic rings. The van der Waals surface area contributed by atoms with Crippen LogP contribution in [0.25, 0.3) is 0 Å². The zero-order valence-corrected chi connectivity index (χ0v) is 15.0. The van der Waals surface area contributed by atoms with E-state index in [0.717, 1.165) is 18.5 Å². The van der Waals surface area contributed by atoms with Crippen molar-refractivity contribution >= 4 is 29.2 Å². The number of nitrogens with zero attached hydrogens (tertiary/aromatic N) is 2. The maximum atomic E-state index is 12.9. The first kappa shape index (κ1) is 18.2. The van der Waals surface area contributed by atoms with Gasteiger partial charge in [0, 0.05) is 45.1 Å². The van der Waals surface area contributed by atoms with Crippen molar-refractivity contribution in [1.82, 2.24) is 4.90 Å². The number of nitrogens with one attached hydrogen (secondary N) is 1. The predicted octanol–water partition coefficient (Wildman–Crippen LogP) is 2.18. The first-order valence-corrected chi connectivity index (χ1v) is 9.10. The zero-order valence-electron chi connectivity index (χ0n) is 15.0. The Kier molecular flexibility index (Phi) is 5.44. The minimum absolute atomic E-state index is 0.0492. The SMILES string of the molecule is CN1CCC(=O)Nc2cc(C(=O)N3CCCC(CCC(=O)O)C3)ccc21. The Morgan fingerprint density at radius 2 is 2.12 bits per heavy atom. The van der Waals surface area contributed by atoms with Crippen molar-refractivity contribution in [2.24, 2.45) is 5.92 Å². The van der Waals surface area contributed by atoms with Crippen LogP contribution in [0.15, 0.2) is 18.2 Å². The summed E-state index contributed by atoms with van der Waals surface area (Å²) in [5.74, 6) is -0.671. The van der Waals surface area contributed by atoms with Gasteiger partial charge in [-0.2, -0.15) is 0 Å². The summed E-state index contributed by atoms with van der Waals surface area (Å²) in [6.07, 6.45) is 3.02. The van der Waals surface area contributed by atoms with Crippen LogP contribution in [0.4, 0.5) is 11.4 Å². The molecule has 0 spiro atoms. The van der Waals surface area contributed by atoms with Crippen LogP contribution in [0.3, 0.4) is 0 Å². The number of hydrogen-bond acceptors (Lipinski definition) is 4. The molecule has 2 aliphatic rings. The molecule has 26 heavy (non-hydrogen) atoms. The third kappa shape index (κ3) is 4.15. The van der Waals surface area contributed by atoms with Crippen molar-refractivity contribution in [3.05, 3.63) is 23.8 Å². The molecule has 0 aliphatic carbocycles. The van der Waals surface area contributed by atoms with Gasteiger partial charge in [-0.1, -0.05) is 0 Å². The summed E-state index contributed by atoms with van der Waals surface area (Å²) in [5.41, 5.74) is 2.13. The first-order chi connectivity index (χ1) is 12.4. The molecule has 2 heterocycles. The molecule has 1 saturated heterocycles. The normalized spacial score (nSPS) is 20.2. The molecule has 0 aromatic heterocycles. The topological polar surface area (TPSA) is 90.0 Å². The lowest BCUT2D eigenvalue weighted by Gasteiger charge is -2.33. The zero-order chi connectivity index (χ0) is 18.7. The van der Waals surface area contributed by atoms with Gasteiger partial charge in [0.25, 0.3) is 5.91 Å². The molecule has 7 nitrogen and oxygen atoms in total. The summed E-state index contributed by atoms with van der Waals surface area (Å²) in [4.78, 5) is 39.4. The van der Waals surface area contributed by atoms with Crippen LogP contribution in [0, 0.1) is 5.92 Å². The lowest BCUT2D eigenvalue weighted by molar-refractivity contribution is -0.137. The van der Waals surface area contributed by atoms with Crippen LogP contribution in [0.5, 0.6) is 0 Å². The van der Waals surface area contributed by atoms with E-state index in [2.05, 4.69) is 5.32 Å². The second-order valence-electron chi connectivity index (χ2n) is 7.14. The van der Waals surface area contributed by atoms with Crippen LogP contribution >= 0.6 is 0 Å². The van der Waals surface area contributed by atoms with E-state index in [1.165, 1.54) is 0 Å². The number of hydrogen-bond donors (Lipinski definition) is 2. The highest BCUT2D eigenvalue weighted by molar-refractivity contribution is 6.01. The van der Waals surface area contributed by atoms with Gasteiger partial charge in [0.2, 0.25) is 5.91 Å². The fourth-order valence-corrected chi connectivity index (χ4v) is 3.70. The molecule has 0 bridgehead atoms. The third-order valence-electron chi connectivity index (χ3n) is 5.18. The van der Waals surface area contributed by atoms with E-state index >= 15 is 0 Å². The molecule has 0 radical (unpaired) electrons. The maximum absolute atomic E-state index is 12.9. The molecule has 140 valence electrons. The Balaban J connectivity index is 1.73. The standard InChI is InChI=1S/C19H25N3O4/c1-21-10-8-17(23)20-15-11-14(5-6-16(15)21)19(26)22-9-2-3-13(12-22)4-7-18(24)25/h5-6,11,13H,2-4,7-10,12H2,1H3,(H,20,23)(H,24,25). The molecule has 1 unspecified atom stereocenters. The third-order valence-corrected chi connectivity index (χ3v) is 5.18. The number of carbonyl (C=O) groups is 3. The average Bonchev–Trinajstić information content (AvgIpc) is 2.77. The molecule has 0 saturated carbocycles. The summed E-state index contributed by atoms with van der Waals surface area (Å²) >= 11 is 0. The van der Waals surface area contributed by atoms with Gasteiger partial charge in [-0.05, 0) is 43.4 Å². The maximum Gasteiger partial charge on any atom is 0.303 e. The van der Waals surface area contributed by atoms with Crippen molar-refractivity contribution < 1.29 is 19.5 Å². The highest BCUT2D eigenvalue weighted by atomic mass is 16.4. The quantitative estimate of drug-likeness (QED) is 0.860. The molecule has 2 amide bonds. The Labute approximate surface area is 153 Å². The van der Waals surface area contributed by atoms with Crippen LogP contribution in [-0.4, -0.2) is 54.5 Å². The van der Waals surface area contributed by atoms with E-state index in [4.69, 9.17) is 5.11 Å². The molecule has 2 N–H and O–H groups in total. The summed E-state index contributed by atoms with van der Waals surface area (Å²) in [6.45, 7) is 1.92. The number of rotatable bonds is 4. The van der Waals surface area contributed by atoms with Crippen LogP contribution < -0.4 is 10.2 Å². The first-order valence-electron chi connectivity index (χ1n) is 9.10. The Bertz CT molecular complexity index is 719. The smallest absolute Gasteiger partial charge is 0.303 e. The largest absolute Gasteiger partial charge is 0.481 e. The summed E-state index contributed by atoms with van der Waals surface area (Å²) in [7, 11) is 1.93. The molecule has 7 heteroatoms. The highest BCUT2D eigenvalue weighted by Gasteiger charge is 2.26. The van der Waals surface area contributed by atoms with Crippen LogP contribution in [0.1, 0.15) is 42.5 Å². The second-order valence-corrected chi connectivity index (χ2v) is 7.14. The molecular formula is C19H25N3O4. The van der Waals surface area contributed by atoms with E-state index in [-0.39, 0.29) is 24.2 Å². The predicted molar refractivity (Wildman–Crippen MR) is 98.5 cm³/mol. The van der Waals surface area contributed by atoms with E-state index < -0.39 is 5.97 Å².